The Bertz CT molecular complexity index is 1300. The summed E-state index contributed by atoms with van der Waals surface area (Å²) < 4.78 is 28.1. The van der Waals surface area contributed by atoms with Crippen LogP contribution in [0.2, 0.25) is 0 Å². The molecule has 0 bridgehead atoms. The largest absolute Gasteiger partial charge is 0.508 e. The van der Waals surface area contributed by atoms with Crippen LogP contribution in [-0.4, -0.2) is 82.1 Å². The summed E-state index contributed by atoms with van der Waals surface area (Å²) in [6.07, 6.45) is 55.7. The van der Waals surface area contributed by atoms with Crippen LogP contribution in [0.15, 0.2) is 48.6 Å². The number of carbonyl (C=O) groups is 4. The average molecular weight is 1010 g/mol. The van der Waals surface area contributed by atoms with E-state index in [9.17, 15) is 19.2 Å². The molecule has 72 heavy (non-hydrogen) atoms. The van der Waals surface area contributed by atoms with Gasteiger partial charge in [0.2, 0.25) is 0 Å². The standard InChI is InChI=1S/C62H111NO9/c1-6-9-12-15-18-21-24-26-28-30-32-35-38-41-44-48-59(64)69-54-57(55-70-60(65)49-45-42-39-36-33-31-29-27-25-22-19-16-13-10-7-2)56-71-61(66)51-50-58(72-62(67)68-53-46-52-63(4)5)47-43-40-37-34-23-20-17-14-11-8-3/h18-19,21-22,26-29,57-58H,6-17,20,23-25,30-56H2,1-5H3/b21-18-,22-19?,28-26-,29-27?. The SMILES string of the molecule is CCCCCC=CCC=CCCCCCCCC(=O)OCC(COC(=O)CCCCCCC/C=C\C/C=C\CCCCC)COC(=O)CCC(CCCCCCCCCCCC)OC(=O)OCCCN(C)C. The highest BCUT2D eigenvalue weighted by molar-refractivity contribution is 5.70. The van der Waals surface area contributed by atoms with E-state index in [1.807, 2.05) is 19.0 Å². The van der Waals surface area contributed by atoms with Gasteiger partial charge in [0.05, 0.1) is 12.5 Å². The normalized spacial score (nSPS) is 12.7. The van der Waals surface area contributed by atoms with E-state index >= 15 is 0 Å². The number of nitrogens with zero attached hydrogens (tertiary/aromatic N) is 1. The van der Waals surface area contributed by atoms with Crippen LogP contribution >= 0.6 is 0 Å². The van der Waals surface area contributed by atoms with Gasteiger partial charge >= 0.3 is 24.1 Å². The van der Waals surface area contributed by atoms with Crippen molar-refractivity contribution in [1.82, 2.24) is 4.90 Å². The summed E-state index contributed by atoms with van der Waals surface area (Å²) in [5.41, 5.74) is 0. The molecule has 0 radical (unpaired) electrons. The molecule has 0 fully saturated rings. The first kappa shape index (κ1) is 68.6. The van der Waals surface area contributed by atoms with Gasteiger partial charge in [0.1, 0.15) is 25.9 Å². The summed E-state index contributed by atoms with van der Waals surface area (Å²) >= 11 is 0. The maximum Gasteiger partial charge on any atom is 0.508 e. The fourth-order valence-corrected chi connectivity index (χ4v) is 8.26. The Hall–Kier alpha value is -3.40. The lowest BCUT2D eigenvalue weighted by atomic mass is 10.0. The fraction of sp³-hybridized carbons (Fsp3) is 0.806. The molecule has 0 aliphatic rings. The molecule has 0 heterocycles. The van der Waals surface area contributed by atoms with Crippen molar-refractivity contribution in [2.45, 2.75) is 271 Å². The first-order valence-electron chi connectivity index (χ1n) is 29.8. The summed E-state index contributed by atoms with van der Waals surface area (Å²) in [4.78, 5) is 53.4. The van der Waals surface area contributed by atoms with Crippen molar-refractivity contribution in [3.63, 3.8) is 0 Å². The van der Waals surface area contributed by atoms with Crippen LogP contribution in [0.5, 0.6) is 0 Å². The Morgan fingerprint density at radius 3 is 1.18 bits per heavy atom. The van der Waals surface area contributed by atoms with Gasteiger partial charge in [0.15, 0.2) is 0 Å². The molecule has 418 valence electrons. The molecule has 2 atom stereocenters. The van der Waals surface area contributed by atoms with Gasteiger partial charge in [-0.25, -0.2) is 4.79 Å². The third-order valence-corrected chi connectivity index (χ3v) is 12.9. The molecule has 0 aromatic carbocycles. The Morgan fingerprint density at radius 2 is 0.750 bits per heavy atom. The third-order valence-electron chi connectivity index (χ3n) is 12.9. The van der Waals surface area contributed by atoms with Crippen LogP contribution in [0.4, 0.5) is 4.79 Å². The molecule has 0 N–H and O–H groups in total. The fourth-order valence-electron chi connectivity index (χ4n) is 8.26. The van der Waals surface area contributed by atoms with Gasteiger partial charge in [0.25, 0.3) is 0 Å². The number of allylic oxidation sites excluding steroid dienone is 8. The zero-order valence-corrected chi connectivity index (χ0v) is 47.3. The minimum atomic E-state index is -0.706. The van der Waals surface area contributed by atoms with Crippen molar-refractivity contribution >= 4 is 24.1 Å². The molecule has 0 amide bonds. The maximum absolute atomic E-state index is 13.1. The zero-order valence-electron chi connectivity index (χ0n) is 47.3. The Morgan fingerprint density at radius 1 is 0.389 bits per heavy atom. The predicted octanol–water partition coefficient (Wildman–Crippen LogP) is 17.4. The van der Waals surface area contributed by atoms with E-state index in [-0.39, 0.29) is 44.8 Å². The van der Waals surface area contributed by atoms with Crippen LogP contribution in [0.3, 0.4) is 0 Å². The third kappa shape index (κ3) is 52.9. The predicted molar refractivity (Wildman–Crippen MR) is 300 cm³/mol. The van der Waals surface area contributed by atoms with E-state index < -0.39 is 24.1 Å². The maximum atomic E-state index is 13.1. The average Bonchev–Trinajstić information content (AvgIpc) is 3.36. The number of ether oxygens (including phenoxy) is 5. The second kappa shape index (κ2) is 55.4. The molecule has 0 aliphatic carbocycles. The molecule has 0 aromatic heterocycles. The Labute approximate surface area is 442 Å². The highest BCUT2D eigenvalue weighted by Gasteiger charge is 2.21. The van der Waals surface area contributed by atoms with Gasteiger partial charge in [-0.05, 0) is 117 Å². The minimum absolute atomic E-state index is 0.00646. The molecule has 2 unspecified atom stereocenters. The number of carbonyl (C=O) groups excluding carboxylic acids is 4. The summed E-state index contributed by atoms with van der Waals surface area (Å²) in [7, 11) is 3.95. The molecule has 0 rings (SSSR count). The lowest BCUT2D eigenvalue weighted by Gasteiger charge is -2.19. The van der Waals surface area contributed by atoms with Crippen molar-refractivity contribution in [2.75, 3.05) is 47.1 Å². The summed E-state index contributed by atoms with van der Waals surface area (Å²) in [6, 6.07) is 0. The Kier molecular flexibility index (Phi) is 52.7. The molecule has 0 saturated carbocycles. The van der Waals surface area contributed by atoms with E-state index in [1.165, 1.54) is 96.3 Å². The number of esters is 3. The molecule has 10 nitrogen and oxygen atoms in total. The topological polar surface area (TPSA) is 118 Å². The lowest BCUT2D eigenvalue weighted by Crippen LogP contribution is -2.27. The van der Waals surface area contributed by atoms with Crippen molar-refractivity contribution in [3.8, 4) is 0 Å². The highest BCUT2D eigenvalue weighted by atomic mass is 16.7. The smallest absolute Gasteiger partial charge is 0.465 e. The van der Waals surface area contributed by atoms with E-state index in [1.54, 1.807) is 0 Å². The van der Waals surface area contributed by atoms with Crippen molar-refractivity contribution in [3.05, 3.63) is 48.6 Å². The molecule has 0 spiro atoms. The van der Waals surface area contributed by atoms with Gasteiger partial charge in [-0.1, -0.05) is 191 Å². The van der Waals surface area contributed by atoms with Gasteiger partial charge in [-0.3, -0.25) is 14.4 Å². The van der Waals surface area contributed by atoms with Gasteiger partial charge in [0, 0.05) is 25.8 Å². The monoisotopic (exact) mass is 1010 g/mol. The second-order valence-corrected chi connectivity index (χ2v) is 20.4. The van der Waals surface area contributed by atoms with Crippen LogP contribution in [0, 0.1) is 5.92 Å². The van der Waals surface area contributed by atoms with Gasteiger partial charge in [-0.15, -0.1) is 0 Å². The zero-order chi connectivity index (χ0) is 52.6. The molecular formula is C62H111NO9. The minimum Gasteiger partial charge on any atom is -0.465 e. The molecule has 0 saturated heterocycles. The van der Waals surface area contributed by atoms with E-state index in [4.69, 9.17) is 23.7 Å². The van der Waals surface area contributed by atoms with Crippen LogP contribution in [0.1, 0.15) is 265 Å². The molecule has 0 aliphatic heterocycles. The van der Waals surface area contributed by atoms with E-state index in [2.05, 4.69) is 69.4 Å². The first-order chi connectivity index (χ1) is 35.2. The number of hydrogen-bond acceptors (Lipinski definition) is 10. The van der Waals surface area contributed by atoms with E-state index in [0.29, 0.717) is 32.1 Å². The molecule has 0 aromatic rings. The summed E-state index contributed by atoms with van der Waals surface area (Å²) in [5.74, 6) is -1.53. The van der Waals surface area contributed by atoms with Crippen molar-refractivity contribution < 1.29 is 42.9 Å². The van der Waals surface area contributed by atoms with E-state index in [0.717, 1.165) is 116 Å². The van der Waals surface area contributed by atoms with Gasteiger partial charge < -0.3 is 28.6 Å². The summed E-state index contributed by atoms with van der Waals surface area (Å²) in [6.45, 7) is 7.71. The van der Waals surface area contributed by atoms with Crippen LogP contribution in [-0.2, 0) is 38.1 Å². The highest BCUT2D eigenvalue weighted by Crippen LogP contribution is 2.18. The van der Waals surface area contributed by atoms with Crippen LogP contribution in [0.25, 0.3) is 0 Å². The first-order valence-corrected chi connectivity index (χ1v) is 29.8. The summed E-state index contributed by atoms with van der Waals surface area (Å²) in [5, 5.41) is 0. The van der Waals surface area contributed by atoms with Gasteiger partial charge in [-0.2, -0.15) is 0 Å². The number of unbranched alkanes of at least 4 members (excludes halogenated alkanes) is 25. The lowest BCUT2D eigenvalue weighted by molar-refractivity contribution is -0.153. The quantitative estimate of drug-likeness (QED) is 0.0252. The number of rotatable bonds is 53. The molecular weight excluding hydrogens is 903 g/mol. The van der Waals surface area contributed by atoms with Crippen molar-refractivity contribution in [2.24, 2.45) is 5.92 Å². The van der Waals surface area contributed by atoms with Crippen molar-refractivity contribution in [1.29, 1.82) is 0 Å². The second-order valence-electron chi connectivity index (χ2n) is 20.4. The van der Waals surface area contributed by atoms with Crippen LogP contribution < -0.4 is 0 Å². The Balaban J connectivity index is 5.02. The number of hydrogen-bond donors (Lipinski definition) is 0. The molecule has 10 heteroatoms.